The second-order valence-corrected chi connectivity index (χ2v) is 6.92. The van der Waals surface area contributed by atoms with E-state index in [9.17, 15) is 9.59 Å². The molecule has 0 radical (unpaired) electrons. The number of hydrogen-bond acceptors (Lipinski definition) is 4. The van der Waals surface area contributed by atoms with Crippen LogP contribution in [0.1, 0.15) is 46.5 Å². The molecule has 0 spiro atoms. The van der Waals surface area contributed by atoms with E-state index < -0.39 is 17.4 Å². The molecule has 0 aliphatic carbocycles. The summed E-state index contributed by atoms with van der Waals surface area (Å²) in [5, 5.41) is 0. The van der Waals surface area contributed by atoms with Gasteiger partial charge in [-0.15, -0.1) is 12.5 Å². The van der Waals surface area contributed by atoms with Crippen LogP contribution in [-0.4, -0.2) is 25.2 Å². The van der Waals surface area contributed by atoms with Crippen LogP contribution >= 0.6 is 22.6 Å². The van der Waals surface area contributed by atoms with Gasteiger partial charge >= 0.3 is 11.9 Å². The van der Waals surface area contributed by atoms with E-state index in [0.717, 1.165) is 9.15 Å². The van der Waals surface area contributed by atoms with E-state index in [1.54, 1.807) is 19.9 Å². The van der Waals surface area contributed by atoms with Gasteiger partial charge in [-0.3, -0.25) is 9.59 Å². The van der Waals surface area contributed by atoms with E-state index in [1.165, 1.54) is 0 Å². The normalized spacial score (nSPS) is 11.1. The van der Waals surface area contributed by atoms with Crippen molar-refractivity contribution in [1.29, 1.82) is 0 Å². The summed E-state index contributed by atoms with van der Waals surface area (Å²) >= 11 is 2.18. The van der Waals surface area contributed by atoms with E-state index in [1.807, 2.05) is 13.0 Å². The van der Waals surface area contributed by atoms with Crippen LogP contribution in [0, 0.1) is 17.3 Å². The molecule has 0 heterocycles. The van der Waals surface area contributed by atoms with Crippen LogP contribution in [0.4, 0.5) is 0 Å². The van der Waals surface area contributed by atoms with Crippen molar-refractivity contribution in [3.8, 4) is 11.8 Å². The van der Waals surface area contributed by atoms with E-state index in [0.29, 0.717) is 12.8 Å². The first-order valence-corrected chi connectivity index (χ1v) is 9.31. The standard InChI is InChI=1S/C20H27IO4/c1-6-9-10-11-13-20(18(22)24-7-2,19(23)25-8-3)14-12-17(21)15-16(4)5/h6,12H,1,4,7-9,13-15H2,2-3,5H3/b17-12-. The summed E-state index contributed by atoms with van der Waals surface area (Å²) in [5.41, 5.74) is -0.449. The van der Waals surface area contributed by atoms with Gasteiger partial charge in [-0.25, -0.2) is 0 Å². The van der Waals surface area contributed by atoms with Crippen LogP contribution in [0.15, 0.2) is 34.5 Å². The monoisotopic (exact) mass is 458 g/mol. The minimum atomic E-state index is -1.45. The van der Waals surface area contributed by atoms with Crippen LogP contribution in [0.5, 0.6) is 0 Å². The highest BCUT2D eigenvalue weighted by molar-refractivity contribution is 14.1. The zero-order chi connectivity index (χ0) is 19.3. The summed E-state index contributed by atoms with van der Waals surface area (Å²) in [6, 6.07) is 0. The minimum absolute atomic E-state index is 0.0476. The summed E-state index contributed by atoms with van der Waals surface area (Å²) in [6.07, 6.45) is 4.94. The van der Waals surface area contributed by atoms with Crippen LogP contribution in [0.25, 0.3) is 0 Å². The van der Waals surface area contributed by atoms with Crippen molar-refractivity contribution in [3.63, 3.8) is 0 Å². The molecule has 0 aliphatic heterocycles. The first-order chi connectivity index (χ1) is 11.8. The summed E-state index contributed by atoms with van der Waals surface area (Å²) in [6.45, 7) is 13.2. The topological polar surface area (TPSA) is 52.6 Å². The predicted octanol–water partition coefficient (Wildman–Crippen LogP) is 4.74. The molecule has 0 saturated carbocycles. The number of hydrogen-bond donors (Lipinski definition) is 0. The largest absolute Gasteiger partial charge is 0.465 e. The third-order valence-electron chi connectivity index (χ3n) is 3.24. The molecule has 138 valence electrons. The lowest BCUT2D eigenvalue weighted by atomic mass is 9.80. The lowest BCUT2D eigenvalue weighted by molar-refractivity contribution is -0.171. The van der Waals surface area contributed by atoms with Crippen LogP contribution in [-0.2, 0) is 19.1 Å². The Morgan fingerprint density at radius 2 is 1.72 bits per heavy atom. The van der Waals surface area contributed by atoms with Crippen molar-refractivity contribution < 1.29 is 19.1 Å². The van der Waals surface area contributed by atoms with E-state index in [-0.39, 0.29) is 26.1 Å². The summed E-state index contributed by atoms with van der Waals surface area (Å²) in [7, 11) is 0. The zero-order valence-corrected chi connectivity index (χ0v) is 17.5. The first-order valence-electron chi connectivity index (χ1n) is 8.24. The highest BCUT2D eigenvalue weighted by Crippen LogP contribution is 2.33. The molecular formula is C20H27IO4. The molecule has 0 aliphatic rings. The molecule has 0 amide bonds. The Hall–Kier alpha value is -1.55. The Morgan fingerprint density at radius 3 is 2.16 bits per heavy atom. The van der Waals surface area contributed by atoms with Crippen molar-refractivity contribution in [3.05, 3.63) is 34.5 Å². The number of carbonyl (C=O) groups is 2. The lowest BCUT2D eigenvalue weighted by Crippen LogP contribution is -2.41. The predicted molar refractivity (Wildman–Crippen MR) is 109 cm³/mol. The van der Waals surface area contributed by atoms with Gasteiger partial charge in [0.1, 0.15) is 0 Å². The number of rotatable bonds is 10. The van der Waals surface area contributed by atoms with Crippen molar-refractivity contribution in [2.45, 2.75) is 46.5 Å². The van der Waals surface area contributed by atoms with Gasteiger partial charge in [0, 0.05) is 12.8 Å². The molecule has 0 atom stereocenters. The van der Waals surface area contributed by atoms with Crippen LogP contribution < -0.4 is 0 Å². The van der Waals surface area contributed by atoms with Gasteiger partial charge in [0.15, 0.2) is 5.41 Å². The molecule has 0 bridgehead atoms. The minimum Gasteiger partial charge on any atom is -0.465 e. The third kappa shape index (κ3) is 8.39. The van der Waals surface area contributed by atoms with Crippen molar-refractivity contribution in [2.75, 3.05) is 13.2 Å². The molecule has 0 saturated heterocycles. The molecule has 4 nitrogen and oxygen atoms in total. The first kappa shape index (κ1) is 23.4. The molecule has 25 heavy (non-hydrogen) atoms. The lowest BCUT2D eigenvalue weighted by Gasteiger charge is -2.26. The fourth-order valence-corrected chi connectivity index (χ4v) is 2.88. The SMILES string of the molecule is C=CCC#CCC(C/C=C(\I)CC(=C)C)(C(=O)OCC)C(=O)OCC. The van der Waals surface area contributed by atoms with Gasteiger partial charge in [-0.1, -0.05) is 30.2 Å². The maximum Gasteiger partial charge on any atom is 0.324 e. The van der Waals surface area contributed by atoms with Gasteiger partial charge < -0.3 is 9.47 Å². The Labute approximate surface area is 164 Å². The molecule has 0 aromatic rings. The molecule has 0 N–H and O–H groups in total. The fourth-order valence-electron chi connectivity index (χ4n) is 2.01. The summed E-state index contributed by atoms with van der Waals surface area (Å²) < 4.78 is 11.3. The number of allylic oxidation sites excluding steroid dienone is 4. The molecule has 0 aromatic heterocycles. The van der Waals surface area contributed by atoms with Crippen molar-refractivity contribution in [1.82, 2.24) is 0 Å². The molecule has 0 aromatic carbocycles. The second-order valence-electron chi connectivity index (χ2n) is 5.54. The Morgan fingerprint density at radius 1 is 1.16 bits per heavy atom. The summed E-state index contributed by atoms with van der Waals surface area (Å²) in [5.74, 6) is 4.58. The van der Waals surface area contributed by atoms with Gasteiger partial charge in [0.05, 0.1) is 13.2 Å². The smallest absolute Gasteiger partial charge is 0.324 e. The second kappa shape index (κ2) is 12.8. The Kier molecular flexibility index (Phi) is 12.0. The van der Waals surface area contributed by atoms with Gasteiger partial charge in [-0.05, 0) is 59.8 Å². The maximum absolute atomic E-state index is 12.6. The fraction of sp³-hybridized carbons (Fsp3) is 0.500. The number of ether oxygens (including phenoxy) is 2. The van der Waals surface area contributed by atoms with Gasteiger partial charge in [0.2, 0.25) is 0 Å². The quantitative estimate of drug-likeness (QED) is 0.156. The maximum atomic E-state index is 12.6. The van der Waals surface area contributed by atoms with E-state index >= 15 is 0 Å². The Balaban J connectivity index is 5.76. The number of halogens is 1. The van der Waals surface area contributed by atoms with E-state index in [4.69, 9.17) is 9.47 Å². The molecular weight excluding hydrogens is 431 g/mol. The average molecular weight is 458 g/mol. The zero-order valence-electron chi connectivity index (χ0n) is 15.3. The number of esters is 2. The van der Waals surface area contributed by atoms with Crippen molar-refractivity contribution in [2.24, 2.45) is 5.41 Å². The average Bonchev–Trinajstić information content (AvgIpc) is 2.54. The van der Waals surface area contributed by atoms with Gasteiger partial charge in [0.25, 0.3) is 0 Å². The van der Waals surface area contributed by atoms with Crippen molar-refractivity contribution >= 4 is 34.5 Å². The molecule has 0 fully saturated rings. The highest BCUT2D eigenvalue weighted by atomic mass is 127. The van der Waals surface area contributed by atoms with Gasteiger partial charge in [-0.2, -0.15) is 0 Å². The van der Waals surface area contributed by atoms with Crippen LogP contribution in [0.3, 0.4) is 0 Å². The number of carbonyl (C=O) groups excluding carboxylic acids is 2. The van der Waals surface area contributed by atoms with Crippen LogP contribution in [0.2, 0.25) is 0 Å². The summed E-state index contributed by atoms with van der Waals surface area (Å²) in [4.78, 5) is 25.2. The van der Waals surface area contributed by atoms with E-state index in [2.05, 4.69) is 47.6 Å². The molecule has 0 unspecified atom stereocenters. The molecule has 0 rings (SSSR count). The molecule has 5 heteroatoms. The Bertz CT molecular complexity index is 560. The highest BCUT2D eigenvalue weighted by Gasteiger charge is 2.47. The third-order valence-corrected chi connectivity index (χ3v) is 4.06.